The van der Waals surface area contributed by atoms with Gasteiger partial charge in [0.15, 0.2) is 5.78 Å². The van der Waals surface area contributed by atoms with E-state index < -0.39 is 0 Å². The highest BCUT2D eigenvalue weighted by Crippen LogP contribution is 2.20. The summed E-state index contributed by atoms with van der Waals surface area (Å²) in [5, 5.41) is 20.7. The first-order chi connectivity index (χ1) is 11.1. The van der Waals surface area contributed by atoms with Crippen molar-refractivity contribution in [3.8, 4) is 0 Å². The van der Waals surface area contributed by atoms with E-state index in [-0.39, 0.29) is 17.0 Å². The molecule has 0 amide bonds. The fraction of sp³-hybridized carbons (Fsp3) is 0. The minimum absolute atomic E-state index is 0.170. The lowest BCUT2D eigenvalue weighted by Gasteiger charge is -2.03. The van der Waals surface area contributed by atoms with Crippen molar-refractivity contribution in [3.05, 3.63) is 70.3 Å². The molecule has 3 heterocycles. The second-order valence-corrected chi connectivity index (χ2v) is 5.31. The van der Waals surface area contributed by atoms with E-state index in [1.807, 2.05) is 0 Å². The van der Waals surface area contributed by atoms with Crippen molar-refractivity contribution in [1.82, 2.24) is 19.7 Å². The van der Waals surface area contributed by atoms with E-state index in [0.717, 1.165) is 0 Å². The SMILES string of the molecule is O=C(c1cccnc1)c1cnn2c1n[n+]([O-])c1ccc(Cl)cc12. The van der Waals surface area contributed by atoms with Crippen LogP contribution in [0.25, 0.3) is 16.7 Å². The topological polar surface area (TPSA) is 87.1 Å². The first-order valence-corrected chi connectivity index (χ1v) is 7.04. The third-order valence-electron chi connectivity index (χ3n) is 3.47. The van der Waals surface area contributed by atoms with Crippen LogP contribution in [0.3, 0.4) is 0 Å². The van der Waals surface area contributed by atoms with Crippen molar-refractivity contribution in [2.45, 2.75) is 0 Å². The van der Waals surface area contributed by atoms with Crippen LogP contribution in [0.1, 0.15) is 15.9 Å². The van der Waals surface area contributed by atoms with Crippen molar-refractivity contribution in [2.24, 2.45) is 0 Å². The Morgan fingerprint density at radius 2 is 2.13 bits per heavy atom. The zero-order valence-electron chi connectivity index (χ0n) is 11.5. The monoisotopic (exact) mass is 325 g/mol. The van der Waals surface area contributed by atoms with Crippen LogP contribution >= 0.6 is 11.6 Å². The molecule has 23 heavy (non-hydrogen) atoms. The smallest absolute Gasteiger partial charge is 0.270 e. The molecule has 0 spiro atoms. The predicted molar refractivity (Wildman–Crippen MR) is 82.1 cm³/mol. The van der Waals surface area contributed by atoms with Crippen LogP contribution < -0.4 is 4.85 Å². The van der Waals surface area contributed by atoms with E-state index in [4.69, 9.17) is 11.6 Å². The molecule has 4 rings (SSSR count). The number of halogens is 1. The van der Waals surface area contributed by atoms with Gasteiger partial charge in [0, 0.05) is 34.1 Å². The number of carbonyl (C=O) groups excluding carboxylic acids is 1. The molecular formula is C15H8ClN5O2. The maximum Gasteiger partial charge on any atom is 0.270 e. The molecule has 0 aliphatic rings. The van der Waals surface area contributed by atoms with Crippen molar-refractivity contribution in [2.75, 3.05) is 0 Å². The van der Waals surface area contributed by atoms with Crippen LogP contribution in [0.2, 0.25) is 5.02 Å². The molecule has 112 valence electrons. The number of carbonyl (C=O) groups is 1. The Balaban J connectivity index is 2.00. The number of benzene rings is 1. The molecule has 0 radical (unpaired) electrons. The summed E-state index contributed by atoms with van der Waals surface area (Å²) in [5.74, 6) is -0.304. The van der Waals surface area contributed by atoms with Crippen molar-refractivity contribution < 1.29 is 9.64 Å². The maximum absolute atomic E-state index is 12.6. The summed E-state index contributed by atoms with van der Waals surface area (Å²) >= 11 is 5.99. The van der Waals surface area contributed by atoms with E-state index in [1.54, 1.807) is 36.5 Å². The highest BCUT2D eigenvalue weighted by atomic mass is 35.5. The largest absolute Gasteiger partial charge is 0.594 e. The molecule has 0 bridgehead atoms. The Hall–Kier alpha value is -3.06. The van der Waals surface area contributed by atoms with Crippen LogP contribution in [0.15, 0.2) is 48.9 Å². The summed E-state index contributed by atoms with van der Waals surface area (Å²) in [5.41, 5.74) is 1.58. The van der Waals surface area contributed by atoms with Gasteiger partial charge in [-0.3, -0.25) is 9.78 Å². The number of nitrogens with zero attached hydrogens (tertiary/aromatic N) is 5. The Labute approximate surface area is 134 Å². The van der Waals surface area contributed by atoms with Gasteiger partial charge in [0.05, 0.1) is 11.8 Å². The van der Waals surface area contributed by atoms with Gasteiger partial charge in [-0.25, -0.2) is 4.52 Å². The Kier molecular flexibility index (Phi) is 2.95. The van der Waals surface area contributed by atoms with Crippen LogP contribution in [0.4, 0.5) is 0 Å². The average molecular weight is 326 g/mol. The number of rotatable bonds is 2. The third kappa shape index (κ3) is 2.09. The standard InChI is InChI=1S/C15H8ClN5O2/c16-10-3-4-12-13(6-10)20-15(19-21(12)23)11(8-18-20)14(22)9-2-1-5-17-7-9/h1-8H. The van der Waals surface area contributed by atoms with Crippen LogP contribution in [-0.2, 0) is 0 Å². The average Bonchev–Trinajstić information content (AvgIpc) is 2.99. The summed E-state index contributed by atoms with van der Waals surface area (Å²) in [7, 11) is 0. The highest BCUT2D eigenvalue weighted by Gasteiger charge is 2.21. The fourth-order valence-corrected chi connectivity index (χ4v) is 2.56. The molecule has 3 aromatic heterocycles. The third-order valence-corrected chi connectivity index (χ3v) is 3.70. The molecule has 0 fully saturated rings. The first-order valence-electron chi connectivity index (χ1n) is 6.67. The van der Waals surface area contributed by atoms with E-state index in [0.29, 0.717) is 26.5 Å². The maximum atomic E-state index is 12.6. The normalized spacial score (nSPS) is 11.2. The van der Waals surface area contributed by atoms with Gasteiger partial charge in [-0.2, -0.15) is 5.10 Å². The molecule has 1 aromatic carbocycles. The van der Waals surface area contributed by atoms with Gasteiger partial charge in [0.25, 0.3) is 5.52 Å². The second kappa shape index (κ2) is 4.99. The minimum atomic E-state index is -0.304. The quantitative estimate of drug-likeness (QED) is 0.318. The van der Waals surface area contributed by atoms with Gasteiger partial charge >= 0.3 is 0 Å². The number of hydrogen-bond donors (Lipinski definition) is 0. The number of hydrogen-bond acceptors (Lipinski definition) is 5. The lowest BCUT2D eigenvalue weighted by molar-refractivity contribution is -0.640. The van der Waals surface area contributed by atoms with E-state index in [2.05, 4.69) is 15.2 Å². The second-order valence-electron chi connectivity index (χ2n) is 4.87. The van der Waals surface area contributed by atoms with E-state index in [9.17, 15) is 10.0 Å². The molecule has 0 aliphatic carbocycles. The molecule has 8 heteroatoms. The molecule has 0 N–H and O–H groups in total. The van der Waals surface area contributed by atoms with Crippen LogP contribution in [0.5, 0.6) is 0 Å². The first kappa shape index (κ1) is 13.6. The van der Waals surface area contributed by atoms with Crippen LogP contribution in [-0.4, -0.2) is 25.5 Å². The summed E-state index contributed by atoms with van der Waals surface area (Å²) in [6, 6.07) is 8.06. The van der Waals surface area contributed by atoms with Crippen LogP contribution in [0, 0.1) is 5.21 Å². The Morgan fingerprint density at radius 1 is 1.26 bits per heavy atom. The summed E-state index contributed by atoms with van der Waals surface area (Å²) < 4.78 is 1.43. The van der Waals surface area contributed by atoms with Gasteiger partial charge in [0.1, 0.15) is 5.52 Å². The number of fused-ring (bicyclic) bond motifs is 3. The molecule has 0 saturated carbocycles. The van der Waals surface area contributed by atoms with Gasteiger partial charge < -0.3 is 5.21 Å². The molecule has 4 aromatic rings. The number of pyridine rings is 1. The van der Waals surface area contributed by atoms with Crippen molar-refractivity contribution >= 4 is 34.1 Å². The lowest BCUT2D eigenvalue weighted by Crippen LogP contribution is -2.33. The molecule has 7 nitrogen and oxygen atoms in total. The van der Waals surface area contributed by atoms with Gasteiger partial charge in [-0.1, -0.05) is 11.6 Å². The Morgan fingerprint density at radius 3 is 2.91 bits per heavy atom. The summed E-state index contributed by atoms with van der Waals surface area (Å²) in [6.45, 7) is 0. The molecule has 0 aliphatic heterocycles. The summed E-state index contributed by atoms with van der Waals surface area (Å²) in [4.78, 5) is 16.9. The van der Waals surface area contributed by atoms with Gasteiger partial charge in [-0.15, -0.1) is 0 Å². The fourth-order valence-electron chi connectivity index (χ4n) is 2.40. The zero-order valence-corrected chi connectivity index (χ0v) is 12.3. The van der Waals surface area contributed by atoms with Crippen molar-refractivity contribution in [1.29, 1.82) is 0 Å². The predicted octanol–water partition coefficient (Wildman–Crippen LogP) is 1.80. The number of ketones is 1. The molecular weight excluding hydrogens is 318 g/mol. The van der Waals surface area contributed by atoms with E-state index >= 15 is 0 Å². The molecule has 0 atom stereocenters. The van der Waals surface area contributed by atoms with Gasteiger partial charge in [-0.05, 0) is 29.1 Å². The van der Waals surface area contributed by atoms with Gasteiger partial charge in [0.2, 0.25) is 5.65 Å². The molecule has 0 unspecified atom stereocenters. The lowest BCUT2D eigenvalue weighted by atomic mass is 10.1. The molecule has 0 saturated heterocycles. The zero-order chi connectivity index (χ0) is 16.0. The Bertz CT molecular complexity index is 1060. The van der Waals surface area contributed by atoms with E-state index in [1.165, 1.54) is 16.9 Å². The number of aromatic nitrogens is 5. The summed E-state index contributed by atoms with van der Waals surface area (Å²) in [6.07, 6.45) is 4.42. The highest BCUT2D eigenvalue weighted by molar-refractivity contribution is 6.31. The van der Waals surface area contributed by atoms with Crippen molar-refractivity contribution in [3.63, 3.8) is 0 Å². The minimum Gasteiger partial charge on any atom is -0.594 e.